The first-order valence-electron chi connectivity index (χ1n) is 7.60. The SMILES string of the molecule is C1CC2C(C1)C2c1nnc2n1CCNC2C1CC1. The van der Waals surface area contributed by atoms with Gasteiger partial charge in [0, 0.05) is 19.0 Å². The molecule has 1 N–H and O–H groups in total. The van der Waals surface area contributed by atoms with Gasteiger partial charge in [-0.05, 0) is 43.4 Å². The Morgan fingerprint density at radius 2 is 1.78 bits per heavy atom. The van der Waals surface area contributed by atoms with E-state index in [-0.39, 0.29) is 0 Å². The molecule has 3 fully saturated rings. The summed E-state index contributed by atoms with van der Waals surface area (Å²) in [5.41, 5.74) is 0. The van der Waals surface area contributed by atoms with E-state index in [2.05, 4.69) is 20.1 Å². The van der Waals surface area contributed by atoms with Crippen molar-refractivity contribution in [3.05, 3.63) is 11.6 Å². The number of aromatic nitrogens is 3. The van der Waals surface area contributed by atoms with Crippen LogP contribution >= 0.6 is 0 Å². The lowest BCUT2D eigenvalue weighted by Crippen LogP contribution is -2.35. The van der Waals surface area contributed by atoms with Crippen LogP contribution in [0.25, 0.3) is 0 Å². The first-order valence-corrected chi connectivity index (χ1v) is 7.60. The topological polar surface area (TPSA) is 42.7 Å². The van der Waals surface area contributed by atoms with Crippen molar-refractivity contribution in [2.75, 3.05) is 6.54 Å². The van der Waals surface area contributed by atoms with Gasteiger partial charge < -0.3 is 9.88 Å². The maximum absolute atomic E-state index is 4.58. The van der Waals surface area contributed by atoms with E-state index < -0.39 is 0 Å². The Hall–Kier alpha value is -0.900. The zero-order valence-corrected chi connectivity index (χ0v) is 10.7. The molecule has 18 heavy (non-hydrogen) atoms. The fraction of sp³-hybridized carbons (Fsp3) is 0.857. The first-order chi connectivity index (χ1) is 8.93. The Morgan fingerprint density at radius 1 is 1.00 bits per heavy atom. The minimum Gasteiger partial charge on any atom is -0.312 e. The third-order valence-electron chi connectivity index (χ3n) is 5.58. The van der Waals surface area contributed by atoms with Crippen molar-refractivity contribution in [1.82, 2.24) is 20.1 Å². The Bertz CT molecular complexity index is 480. The Kier molecular flexibility index (Phi) is 1.85. The van der Waals surface area contributed by atoms with E-state index in [1.807, 2.05) is 0 Å². The molecule has 0 aromatic carbocycles. The first kappa shape index (κ1) is 9.96. The van der Waals surface area contributed by atoms with Gasteiger partial charge in [-0.15, -0.1) is 10.2 Å². The third kappa shape index (κ3) is 1.25. The summed E-state index contributed by atoms with van der Waals surface area (Å²) in [7, 11) is 0. The zero-order chi connectivity index (χ0) is 11.7. The van der Waals surface area contributed by atoms with Gasteiger partial charge in [0.15, 0.2) is 5.82 Å². The normalized spacial score (nSPS) is 41.6. The largest absolute Gasteiger partial charge is 0.312 e. The molecule has 4 heteroatoms. The number of nitrogens with zero attached hydrogens (tertiary/aromatic N) is 3. The van der Waals surface area contributed by atoms with Crippen molar-refractivity contribution in [1.29, 1.82) is 0 Å². The van der Waals surface area contributed by atoms with Crippen molar-refractivity contribution in [2.45, 2.75) is 50.6 Å². The zero-order valence-electron chi connectivity index (χ0n) is 10.7. The van der Waals surface area contributed by atoms with Gasteiger partial charge in [-0.1, -0.05) is 6.42 Å². The molecule has 5 rings (SSSR count). The number of hydrogen-bond donors (Lipinski definition) is 1. The van der Waals surface area contributed by atoms with Crippen LogP contribution in [0.1, 0.15) is 55.7 Å². The van der Waals surface area contributed by atoms with Crippen LogP contribution in [0.15, 0.2) is 0 Å². The van der Waals surface area contributed by atoms with Crippen LogP contribution in [0.5, 0.6) is 0 Å². The summed E-state index contributed by atoms with van der Waals surface area (Å²) in [5.74, 6) is 6.06. The molecule has 3 unspecified atom stereocenters. The number of hydrogen-bond acceptors (Lipinski definition) is 3. The number of fused-ring (bicyclic) bond motifs is 2. The van der Waals surface area contributed by atoms with Crippen molar-refractivity contribution < 1.29 is 0 Å². The highest BCUT2D eigenvalue weighted by atomic mass is 15.3. The molecule has 0 radical (unpaired) electrons. The highest BCUT2D eigenvalue weighted by molar-refractivity contribution is 5.21. The predicted octanol–water partition coefficient (Wildman–Crippen LogP) is 1.85. The van der Waals surface area contributed by atoms with Gasteiger partial charge >= 0.3 is 0 Å². The molecule has 96 valence electrons. The Labute approximate surface area is 107 Å². The summed E-state index contributed by atoms with van der Waals surface area (Å²) in [6, 6.07) is 0.499. The lowest BCUT2D eigenvalue weighted by atomic mass is 10.1. The number of nitrogens with one attached hydrogen (secondary N) is 1. The van der Waals surface area contributed by atoms with Crippen LogP contribution in [0.3, 0.4) is 0 Å². The minimum atomic E-state index is 0.499. The van der Waals surface area contributed by atoms with Crippen LogP contribution in [-0.4, -0.2) is 21.3 Å². The molecule has 0 bridgehead atoms. The van der Waals surface area contributed by atoms with Crippen LogP contribution in [-0.2, 0) is 6.54 Å². The highest BCUT2D eigenvalue weighted by Crippen LogP contribution is 2.62. The van der Waals surface area contributed by atoms with Crippen LogP contribution in [0.4, 0.5) is 0 Å². The molecular weight excluding hydrogens is 224 g/mol. The van der Waals surface area contributed by atoms with Crippen molar-refractivity contribution in [3.8, 4) is 0 Å². The summed E-state index contributed by atoms with van der Waals surface area (Å²) in [5, 5.41) is 12.8. The van der Waals surface area contributed by atoms with Gasteiger partial charge in [0.1, 0.15) is 5.82 Å². The molecule has 3 atom stereocenters. The summed E-state index contributed by atoms with van der Waals surface area (Å²) in [6.07, 6.45) is 7.05. The molecule has 4 aliphatic rings. The van der Waals surface area contributed by atoms with Gasteiger partial charge in [0.25, 0.3) is 0 Å². The monoisotopic (exact) mass is 244 g/mol. The molecule has 3 aliphatic carbocycles. The Morgan fingerprint density at radius 3 is 2.56 bits per heavy atom. The molecule has 1 aromatic rings. The van der Waals surface area contributed by atoms with Crippen LogP contribution in [0.2, 0.25) is 0 Å². The molecule has 0 amide bonds. The second kappa shape index (κ2) is 3.35. The average Bonchev–Trinajstić information content (AvgIpc) is 3.27. The van der Waals surface area contributed by atoms with Crippen LogP contribution < -0.4 is 5.32 Å². The second-order valence-corrected chi connectivity index (χ2v) is 6.62. The van der Waals surface area contributed by atoms with E-state index in [1.165, 1.54) is 43.8 Å². The predicted molar refractivity (Wildman–Crippen MR) is 67.1 cm³/mol. The summed E-state index contributed by atoms with van der Waals surface area (Å²) in [6.45, 7) is 2.18. The standard InChI is InChI=1S/C14H20N4/c1-2-9-10(3-1)11(9)13-16-17-14-12(8-4-5-8)15-6-7-18(13)14/h8-12,15H,1-7H2. The van der Waals surface area contributed by atoms with Gasteiger partial charge in [-0.3, -0.25) is 0 Å². The quantitative estimate of drug-likeness (QED) is 0.863. The molecule has 1 aromatic heterocycles. The van der Waals surface area contributed by atoms with E-state index in [0.717, 1.165) is 36.8 Å². The molecule has 2 heterocycles. The molecule has 3 saturated carbocycles. The van der Waals surface area contributed by atoms with Crippen molar-refractivity contribution in [3.63, 3.8) is 0 Å². The van der Waals surface area contributed by atoms with Gasteiger partial charge in [0.2, 0.25) is 0 Å². The maximum Gasteiger partial charge on any atom is 0.150 e. The molecule has 0 spiro atoms. The maximum atomic E-state index is 4.58. The van der Waals surface area contributed by atoms with Crippen molar-refractivity contribution >= 4 is 0 Å². The third-order valence-corrected chi connectivity index (χ3v) is 5.58. The highest BCUT2D eigenvalue weighted by Gasteiger charge is 2.56. The fourth-order valence-corrected chi connectivity index (χ4v) is 4.47. The van der Waals surface area contributed by atoms with E-state index in [1.54, 1.807) is 0 Å². The van der Waals surface area contributed by atoms with Gasteiger partial charge in [-0.2, -0.15) is 0 Å². The number of rotatable bonds is 2. The van der Waals surface area contributed by atoms with Crippen LogP contribution in [0, 0.1) is 17.8 Å². The van der Waals surface area contributed by atoms with E-state index in [0.29, 0.717) is 6.04 Å². The molecule has 0 saturated heterocycles. The minimum absolute atomic E-state index is 0.499. The van der Waals surface area contributed by atoms with E-state index in [4.69, 9.17) is 0 Å². The average molecular weight is 244 g/mol. The fourth-order valence-electron chi connectivity index (χ4n) is 4.47. The lowest BCUT2D eigenvalue weighted by Gasteiger charge is -2.25. The summed E-state index contributed by atoms with van der Waals surface area (Å²) < 4.78 is 2.46. The molecule has 4 nitrogen and oxygen atoms in total. The Balaban J connectivity index is 1.50. The second-order valence-electron chi connectivity index (χ2n) is 6.62. The van der Waals surface area contributed by atoms with E-state index in [9.17, 15) is 0 Å². The lowest BCUT2D eigenvalue weighted by molar-refractivity contribution is 0.375. The van der Waals surface area contributed by atoms with Crippen molar-refractivity contribution in [2.24, 2.45) is 17.8 Å². The molecule has 1 aliphatic heterocycles. The van der Waals surface area contributed by atoms with E-state index >= 15 is 0 Å². The smallest absolute Gasteiger partial charge is 0.150 e. The summed E-state index contributed by atoms with van der Waals surface area (Å²) in [4.78, 5) is 0. The van der Waals surface area contributed by atoms with Gasteiger partial charge in [-0.25, -0.2) is 0 Å². The summed E-state index contributed by atoms with van der Waals surface area (Å²) >= 11 is 0. The van der Waals surface area contributed by atoms with Gasteiger partial charge in [0.05, 0.1) is 6.04 Å². The molecular formula is C14H20N4.